The molecule has 3 atom stereocenters. The first kappa shape index (κ1) is 13.3. The summed E-state index contributed by atoms with van der Waals surface area (Å²) in [4.78, 5) is 2.79. The van der Waals surface area contributed by atoms with Crippen molar-refractivity contribution in [3.8, 4) is 0 Å². The molecular formula is C15H28N2S. The number of likely N-dealkylation sites (tertiary alicyclic amines) is 1. The van der Waals surface area contributed by atoms with Gasteiger partial charge < -0.3 is 10.2 Å². The van der Waals surface area contributed by atoms with Crippen molar-refractivity contribution in [2.24, 2.45) is 5.92 Å². The Bertz CT molecular complexity index is 261. The number of nitrogens with one attached hydrogen (secondary N) is 1. The predicted octanol–water partition coefficient (Wildman–Crippen LogP) is 2.73. The largest absolute Gasteiger partial charge is 0.310 e. The van der Waals surface area contributed by atoms with Crippen LogP contribution in [0.25, 0.3) is 0 Å². The van der Waals surface area contributed by atoms with Crippen LogP contribution in [0.1, 0.15) is 45.4 Å². The third-order valence-electron chi connectivity index (χ3n) is 5.22. The van der Waals surface area contributed by atoms with Crippen LogP contribution in [-0.2, 0) is 0 Å². The van der Waals surface area contributed by atoms with E-state index in [9.17, 15) is 0 Å². The van der Waals surface area contributed by atoms with Crippen molar-refractivity contribution in [1.82, 2.24) is 10.2 Å². The molecular weight excluding hydrogens is 240 g/mol. The summed E-state index contributed by atoms with van der Waals surface area (Å²) < 4.78 is 0. The predicted molar refractivity (Wildman–Crippen MR) is 80.3 cm³/mol. The molecule has 2 heterocycles. The van der Waals surface area contributed by atoms with Gasteiger partial charge in [-0.25, -0.2) is 0 Å². The van der Waals surface area contributed by atoms with Crippen molar-refractivity contribution in [2.45, 2.75) is 63.6 Å². The summed E-state index contributed by atoms with van der Waals surface area (Å²) in [6.45, 7) is 5.16. The summed E-state index contributed by atoms with van der Waals surface area (Å²) in [5, 5.41) is 3.90. The molecule has 18 heavy (non-hydrogen) atoms. The second-order valence-corrected chi connectivity index (χ2v) is 7.65. The van der Waals surface area contributed by atoms with Crippen molar-refractivity contribution in [3.05, 3.63) is 0 Å². The summed E-state index contributed by atoms with van der Waals surface area (Å²) in [7, 11) is 0. The SMILES string of the molecule is C[C@H](N[C@H]1CCSC1)[C@@H]1CCCN(C2CCC2)C1. The molecule has 104 valence electrons. The van der Waals surface area contributed by atoms with E-state index in [0.717, 1.165) is 24.0 Å². The minimum atomic E-state index is 0.719. The molecule has 3 fully saturated rings. The summed E-state index contributed by atoms with van der Waals surface area (Å²) in [6, 6.07) is 2.46. The van der Waals surface area contributed by atoms with E-state index in [1.807, 2.05) is 0 Å². The Kier molecular flexibility index (Phi) is 4.53. The molecule has 3 aliphatic rings. The average Bonchev–Trinajstić information content (AvgIpc) is 2.80. The summed E-state index contributed by atoms with van der Waals surface area (Å²) in [5.74, 6) is 3.59. The standard InChI is InChI=1S/C15H28N2S/c1-12(16-14-7-9-18-11-14)13-4-3-8-17(10-13)15-5-2-6-15/h12-16H,2-11H2,1H3/t12-,13+,14-/m0/s1. The molecule has 0 aromatic carbocycles. The van der Waals surface area contributed by atoms with Crippen LogP contribution < -0.4 is 5.32 Å². The van der Waals surface area contributed by atoms with Crippen LogP contribution in [0.4, 0.5) is 0 Å². The lowest BCUT2D eigenvalue weighted by Gasteiger charge is -2.44. The lowest BCUT2D eigenvalue weighted by Crippen LogP contribution is -2.51. The zero-order valence-corrected chi connectivity index (χ0v) is 12.6. The van der Waals surface area contributed by atoms with Crippen LogP contribution in [0.15, 0.2) is 0 Å². The van der Waals surface area contributed by atoms with Crippen LogP contribution >= 0.6 is 11.8 Å². The second kappa shape index (κ2) is 6.15. The number of piperidine rings is 1. The monoisotopic (exact) mass is 268 g/mol. The van der Waals surface area contributed by atoms with Gasteiger partial charge >= 0.3 is 0 Å². The maximum atomic E-state index is 3.90. The molecule has 0 radical (unpaired) electrons. The van der Waals surface area contributed by atoms with Crippen molar-refractivity contribution >= 4 is 11.8 Å². The van der Waals surface area contributed by atoms with E-state index in [1.54, 1.807) is 0 Å². The minimum absolute atomic E-state index is 0.719. The van der Waals surface area contributed by atoms with Crippen molar-refractivity contribution in [2.75, 3.05) is 24.6 Å². The molecule has 0 spiro atoms. The maximum Gasteiger partial charge on any atom is 0.0168 e. The highest BCUT2D eigenvalue weighted by Crippen LogP contribution is 2.30. The zero-order chi connectivity index (χ0) is 12.4. The van der Waals surface area contributed by atoms with Crippen LogP contribution in [0.3, 0.4) is 0 Å². The Balaban J connectivity index is 1.47. The number of hydrogen-bond donors (Lipinski definition) is 1. The van der Waals surface area contributed by atoms with Crippen molar-refractivity contribution in [1.29, 1.82) is 0 Å². The van der Waals surface area contributed by atoms with Gasteiger partial charge in [-0.15, -0.1) is 0 Å². The molecule has 1 N–H and O–H groups in total. The van der Waals surface area contributed by atoms with Crippen LogP contribution in [0, 0.1) is 5.92 Å². The molecule has 0 bridgehead atoms. The number of rotatable bonds is 4. The van der Waals surface area contributed by atoms with Gasteiger partial charge in [0.25, 0.3) is 0 Å². The van der Waals surface area contributed by atoms with Crippen LogP contribution in [0.2, 0.25) is 0 Å². The first-order valence-corrected chi connectivity index (χ1v) is 9.06. The van der Waals surface area contributed by atoms with E-state index in [2.05, 4.69) is 28.9 Å². The first-order chi connectivity index (χ1) is 8.83. The molecule has 2 saturated heterocycles. The number of thioether (sulfide) groups is 1. The van der Waals surface area contributed by atoms with E-state index in [0.29, 0.717) is 0 Å². The van der Waals surface area contributed by atoms with E-state index in [4.69, 9.17) is 0 Å². The highest BCUT2D eigenvalue weighted by molar-refractivity contribution is 7.99. The molecule has 2 nitrogen and oxygen atoms in total. The van der Waals surface area contributed by atoms with Crippen LogP contribution in [-0.4, -0.2) is 47.6 Å². The highest BCUT2D eigenvalue weighted by Gasteiger charge is 2.32. The normalized spacial score (nSPS) is 36.5. The Morgan fingerprint density at radius 1 is 1.17 bits per heavy atom. The molecule has 0 aromatic rings. The van der Waals surface area contributed by atoms with Crippen molar-refractivity contribution < 1.29 is 0 Å². The van der Waals surface area contributed by atoms with Gasteiger partial charge in [0.2, 0.25) is 0 Å². The lowest BCUT2D eigenvalue weighted by molar-refractivity contribution is 0.0656. The zero-order valence-electron chi connectivity index (χ0n) is 11.7. The van der Waals surface area contributed by atoms with Gasteiger partial charge in [-0.1, -0.05) is 6.42 Å². The topological polar surface area (TPSA) is 15.3 Å². The minimum Gasteiger partial charge on any atom is -0.310 e. The fourth-order valence-electron chi connectivity index (χ4n) is 3.71. The summed E-state index contributed by atoms with van der Waals surface area (Å²) >= 11 is 2.12. The summed E-state index contributed by atoms with van der Waals surface area (Å²) in [6.07, 6.45) is 8.65. The van der Waals surface area contributed by atoms with Gasteiger partial charge in [0.15, 0.2) is 0 Å². The van der Waals surface area contributed by atoms with Gasteiger partial charge in [0.1, 0.15) is 0 Å². The first-order valence-electron chi connectivity index (χ1n) is 7.91. The van der Waals surface area contributed by atoms with Gasteiger partial charge in [-0.3, -0.25) is 0 Å². The molecule has 1 aliphatic carbocycles. The van der Waals surface area contributed by atoms with E-state index in [-0.39, 0.29) is 0 Å². The van der Waals surface area contributed by atoms with Gasteiger partial charge in [-0.2, -0.15) is 11.8 Å². The molecule has 2 aliphatic heterocycles. The Morgan fingerprint density at radius 2 is 2.06 bits per heavy atom. The third-order valence-corrected chi connectivity index (χ3v) is 6.38. The van der Waals surface area contributed by atoms with Gasteiger partial charge in [0.05, 0.1) is 0 Å². The van der Waals surface area contributed by atoms with E-state index < -0.39 is 0 Å². The number of nitrogens with zero attached hydrogens (tertiary/aromatic N) is 1. The molecule has 0 aromatic heterocycles. The average molecular weight is 268 g/mol. The van der Waals surface area contributed by atoms with Crippen LogP contribution in [0.5, 0.6) is 0 Å². The van der Waals surface area contributed by atoms with E-state index >= 15 is 0 Å². The molecule has 1 saturated carbocycles. The molecule has 3 rings (SSSR count). The Labute approximate surface area is 116 Å². The third kappa shape index (κ3) is 3.05. The van der Waals surface area contributed by atoms with E-state index in [1.165, 1.54) is 63.1 Å². The highest BCUT2D eigenvalue weighted by atomic mass is 32.2. The Hall–Kier alpha value is 0.270. The molecule has 0 unspecified atom stereocenters. The maximum absolute atomic E-state index is 3.90. The fraction of sp³-hybridized carbons (Fsp3) is 1.00. The molecule has 3 heteroatoms. The lowest BCUT2D eigenvalue weighted by atomic mass is 9.85. The van der Waals surface area contributed by atoms with Gasteiger partial charge in [0, 0.05) is 30.4 Å². The number of hydrogen-bond acceptors (Lipinski definition) is 3. The summed E-state index contributed by atoms with van der Waals surface area (Å²) in [5.41, 5.74) is 0. The van der Waals surface area contributed by atoms with Crippen molar-refractivity contribution in [3.63, 3.8) is 0 Å². The van der Waals surface area contributed by atoms with Gasteiger partial charge in [-0.05, 0) is 57.2 Å². The Morgan fingerprint density at radius 3 is 2.72 bits per heavy atom. The smallest absolute Gasteiger partial charge is 0.0168 e. The molecule has 0 amide bonds. The quantitative estimate of drug-likeness (QED) is 0.844. The second-order valence-electron chi connectivity index (χ2n) is 6.50. The fourth-order valence-corrected chi connectivity index (χ4v) is 4.87.